The van der Waals surface area contributed by atoms with Gasteiger partial charge in [-0.3, -0.25) is 9.59 Å². The summed E-state index contributed by atoms with van der Waals surface area (Å²) < 4.78 is 41.0. The summed E-state index contributed by atoms with van der Waals surface area (Å²) in [5.41, 5.74) is -0.233. The Labute approximate surface area is 205 Å². The minimum absolute atomic E-state index is 0.00708. The van der Waals surface area contributed by atoms with Crippen LogP contribution in [-0.4, -0.2) is 45.9 Å². The molecule has 2 aliphatic rings. The highest BCUT2D eigenvalue weighted by Gasteiger charge is 2.49. The van der Waals surface area contributed by atoms with Gasteiger partial charge in [0.25, 0.3) is 5.91 Å². The molecule has 0 spiro atoms. The maximum absolute atomic E-state index is 15.3. The summed E-state index contributed by atoms with van der Waals surface area (Å²) in [5.74, 6) is -3.80. The Morgan fingerprint density at radius 3 is 2.67 bits per heavy atom. The van der Waals surface area contributed by atoms with Crippen molar-refractivity contribution in [2.45, 2.75) is 37.8 Å². The fourth-order valence-corrected chi connectivity index (χ4v) is 5.25. The third-order valence-electron chi connectivity index (χ3n) is 6.67. The van der Waals surface area contributed by atoms with Gasteiger partial charge in [0, 0.05) is 18.0 Å². The molecule has 2 aromatic carbocycles. The summed E-state index contributed by atoms with van der Waals surface area (Å²) >= 11 is 0. The fourth-order valence-electron chi connectivity index (χ4n) is 5.25. The number of nitrogens with zero attached hydrogens (tertiary/aromatic N) is 3. The summed E-state index contributed by atoms with van der Waals surface area (Å²) in [6, 6.07) is 11.8. The van der Waals surface area contributed by atoms with E-state index in [0.717, 1.165) is 12.3 Å². The maximum atomic E-state index is 15.3. The van der Waals surface area contributed by atoms with E-state index in [-0.39, 0.29) is 17.9 Å². The number of hydrogen-bond acceptors (Lipinski definition) is 6. The number of carbonyl (C=O) groups is 2. The number of benzene rings is 2. The zero-order chi connectivity index (χ0) is 25.4. The molecule has 3 heterocycles. The lowest BCUT2D eigenvalue weighted by molar-refractivity contribution is 0.0557. The van der Waals surface area contributed by atoms with Crippen LogP contribution >= 0.6 is 0 Å². The topological polar surface area (TPSA) is 90.7 Å². The zero-order valence-electron chi connectivity index (χ0n) is 19.4. The SMILES string of the molecule is CCOC(=O)Oc1c2n(ncc1=O)[C@@H]([C@H](c1ccccc1)c1cccc(F)c1F)[C@H]1CCCN1C2=O. The van der Waals surface area contributed by atoms with Crippen LogP contribution in [0.3, 0.4) is 0 Å². The van der Waals surface area contributed by atoms with Gasteiger partial charge < -0.3 is 14.4 Å². The van der Waals surface area contributed by atoms with E-state index < -0.39 is 52.9 Å². The zero-order valence-corrected chi connectivity index (χ0v) is 19.4. The van der Waals surface area contributed by atoms with Gasteiger partial charge >= 0.3 is 6.16 Å². The van der Waals surface area contributed by atoms with Crippen molar-refractivity contribution in [1.29, 1.82) is 0 Å². The van der Waals surface area contributed by atoms with Crippen LogP contribution in [-0.2, 0) is 4.74 Å². The van der Waals surface area contributed by atoms with Crippen molar-refractivity contribution in [3.63, 3.8) is 0 Å². The molecule has 0 unspecified atom stereocenters. The molecule has 0 radical (unpaired) electrons. The average molecular weight is 495 g/mol. The van der Waals surface area contributed by atoms with Gasteiger partial charge in [-0.1, -0.05) is 42.5 Å². The van der Waals surface area contributed by atoms with Gasteiger partial charge in [0.2, 0.25) is 11.2 Å². The molecule has 0 saturated carbocycles. The quantitative estimate of drug-likeness (QED) is 0.496. The van der Waals surface area contributed by atoms with E-state index in [4.69, 9.17) is 9.47 Å². The Bertz CT molecular complexity index is 1380. The van der Waals surface area contributed by atoms with Crippen molar-refractivity contribution in [2.24, 2.45) is 0 Å². The Morgan fingerprint density at radius 2 is 1.92 bits per heavy atom. The molecule has 0 N–H and O–H groups in total. The Morgan fingerprint density at radius 1 is 1.14 bits per heavy atom. The number of halogens is 2. The minimum atomic E-state index is -1.13. The summed E-state index contributed by atoms with van der Waals surface area (Å²) in [7, 11) is 0. The van der Waals surface area contributed by atoms with Crippen molar-refractivity contribution in [1.82, 2.24) is 14.7 Å². The number of rotatable bonds is 5. The van der Waals surface area contributed by atoms with Gasteiger partial charge in [0.1, 0.15) is 0 Å². The van der Waals surface area contributed by atoms with Gasteiger partial charge in [0.15, 0.2) is 17.3 Å². The Balaban J connectivity index is 1.76. The molecule has 1 amide bonds. The number of ether oxygens (including phenoxy) is 2. The van der Waals surface area contributed by atoms with E-state index in [1.807, 2.05) is 6.07 Å². The van der Waals surface area contributed by atoms with Gasteiger partial charge in [-0.15, -0.1) is 0 Å². The average Bonchev–Trinajstić information content (AvgIpc) is 3.36. The van der Waals surface area contributed by atoms with Gasteiger partial charge in [0.05, 0.1) is 24.9 Å². The standard InChI is InChI=1S/C26H23F2N3O5/c1-2-35-26(34)36-24-19(32)14-29-31-22(18-12-7-13-30(18)25(33)23(24)31)20(15-8-4-3-5-9-15)16-10-6-11-17(27)21(16)28/h3-6,8-11,14,18,20,22H,2,7,12-13H2,1H3/t18-,20-,22-/m1/s1. The lowest BCUT2D eigenvalue weighted by atomic mass is 9.79. The van der Waals surface area contributed by atoms with E-state index in [0.29, 0.717) is 24.9 Å². The van der Waals surface area contributed by atoms with Gasteiger partial charge in [-0.05, 0) is 31.4 Å². The summed E-state index contributed by atoms with van der Waals surface area (Å²) in [6.07, 6.45) is 1.09. The van der Waals surface area contributed by atoms with Crippen LogP contribution in [0.15, 0.2) is 59.5 Å². The second-order valence-electron chi connectivity index (χ2n) is 8.65. The van der Waals surface area contributed by atoms with E-state index in [2.05, 4.69) is 5.10 Å². The van der Waals surface area contributed by atoms with E-state index in [1.54, 1.807) is 36.1 Å². The minimum Gasteiger partial charge on any atom is -0.434 e. The number of carbonyl (C=O) groups excluding carboxylic acids is 2. The number of hydrogen-bond donors (Lipinski definition) is 0. The molecule has 10 heteroatoms. The Kier molecular flexibility index (Phi) is 6.26. The third kappa shape index (κ3) is 3.92. The second-order valence-corrected chi connectivity index (χ2v) is 8.65. The van der Waals surface area contributed by atoms with Gasteiger partial charge in [-0.25, -0.2) is 18.3 Å². The molecule has 2 aliphatic heterocycles. The lowest BCUT2D eigenvalue weighted by Gasteiger charge is -2.42. The predicted octanol–water partition coefficient (Wildman–Crippen LogP) is 4.05. The van der Waals surface area contributed by atoms with E-state index in [1.165, 1.54) is 16.8 Å². The van der Waals surface area contributed by atoms with Crippen molar-refractivity contribution in [3.8, 4) is 5.75 Å². The highest BCUT2D eigenvalue weighted by atomic mass is 19.2. The van der Waals surface area contributed by atoms with E-state index >= 15 is 4.39 Å². The summed E-state index contributed by atoms with van der Waals surface area (Å²) in [5, 5.41) is 4.26. The molecule has 0 bridgehead atoms. The van der Waals surface area contributed by atoms with Crippen molar-refractivity contribution >= 4 is 12.1 Å². The molecule has 3 aromatic rings. The van der Waals surface area contributed by atoms with Crippen LogP contribution in [0.1, 0.15) is 53.3 Å². The number of amides is 1. The molecule has 5 rings (SSSR count). The summed E-state index contributed by atoms with van der Waals surface area (Å²) in [6.45, 7) is 1.98. The fraction of sp³-hybridized carbons (Fsp3) is 0.308. The van der Waals surface area contributed by atoms with Crippen LogP contribution in [0.25, 0.3) is 0 Å². The molecule has 3 atom stereocenters. The molecular formula is C26H23F2N3O5. The predicted molar refractivity (Wildman–Crippen MR) is 124 cm³/mol. The molecule has 1 saturated heterocycles. The number of fused-ring (bicyclic) bond motifs is 2. The molecular weight excluding hydrogens is 472 g/mol. The highest BCUT2D eigenvalue weighted by Crippen LogP contribution is 2.46. The van der Waals surface area contributed by atoms with Gasteiger partial charge in [-0.2, -0.15) is 5.10 Å². The largest absolute Gasteiger partial charge is 0.514 e. The summed E-state index contributed by atoms with van der Waals surface area (Å²) in [4.78, 5) is 39.9. The molecule has 0 aliphatic carbocycles. The van der Waals surface area contributed by atoms with Crippen molar-refractivity contribution < 1.29 is 27.8 Å². The lowest BCUT2D eigenvalue weighted by Crippen LogP contribution is -2.51. The van der Waals surface area contributed by atoms with Crippen LogP contribution in [0.4, 0.5) is 13.6 Å². The molecule has 1 aromatic heterocycles. The first kappa shape index (κ1) is 23.7. The highest BCUT2D eigenvalue weighted by molar-refractivity contribution is 5.97. The van der Waals surface area contributed by atoms with E-state index in [9.17, 15) is 18.8 Å². The smallest absolute Gasteiger partial charge is 0.434 e. The molecule has 1 fully saturated rings. The third-order valence-corrected chi connectivity index (χ3v) is 6.67. The van der Waals surface area contributed by atoms with Crippen LogP contribution in [0.5, 0.6) is 5.75 Å². The first-order valence-electron chi connectivity index (χ1n) is 11.7. The maximum Gasteiger partial charge on any atom is 0.514 e. The van der Waals surface area contributed by atoms with Crippen LogP contribution in [0, 0.1) is 11.6 Å². The molecule has 186 valence electrons. The first-order valence-corrected chi connectivity index (χ1v) is 11.7. The van der Waals surface area contributed by atoms with Crippen LogP contribution in [0.2, 0.25) is 0 Å². The van der Waals surface area contributed by atoms with Crippen LogP contribution < -0.4 is 10.2 Å². The number of aromatic nitrogens is 2. The normalized spacial score (nSPS) is 19.4. The second kappa shape index (κ2) is 9.52. The molecule has 8 nitrogen and oxygen atoms in total. The van der Waals surface area contributed by atoms with Crippen molar-refractivity contribution in [3.05, 3.63) is 93.4 Å². The molecule has 36 heavy (non-hydrogen) atoms. The Hall–Kier alpha value is -4.08. The first-order chi connectivity index (χ1) is 17.4. The monoisotopic (exact) mass is 495 g/mol. The van der Waals surface area contributed by atoms with Crippen molar-refractivity contribution in [2.75, 3.05) is 13.2 Å².